The molecule has 0 bridgehead atoms. The van der Waals surface area contributed by atoms with Crippen LogP contribution in [0.4, 0.5) is 4.39 Å². The third-order valence-corrected chi connectivity index (χ3v) is 6.73. The van der Waals surface area contributed by atoms with Crippen LogP contribution in [-0.4, -0.2) is 35.1 Å². The van der Waals surface area contributed by atoms with E-state index in [1.165, 1.54) is 22.7 Å². The van der Waals surface area contributed by atoms with Crippen molar-refractivity contribution in [1.82, 2.24) is 10.2 Å². The average molecular weight is 513 g/mol. The number of hydrogen-bond acceptors (Lipinski definition) is 3. The lowest BCUT2D eigenvalue weighted by molar-refractivity contribution is -0.139. The van der Waals surface area contributed by atoms with Crippen LogP contribution < -0.4 is 5.32 Å². The molecule has 7 heteroatoms. The summed E-state index contributed by atoms with van der Waals surface area (Å²) in [5.41, 5.74) is 2.32. The van der Waals surface area contributed by atoms with Gasteiger partial charge in [0.05, 0.1) is 5.75 Å². The summed E-state index contributed by atoms with van der Waals surface area (Å²) in [6, 6.07) is 22.7. The minimum atomic E-state index is -0.761. The molecule has 1 unspecified atom stereocenters. The van der Waals surface area contributed by atoms with Gasteiger partial charge < -0.3 is 10.2 Å². The Morgan fingerprint density at radius 1 is 1.00 bits per heavy atom. The van der Waals surface area contributed by atoms with Gasteiger partial charge in [0.1, 0.15) is 11.9 Å². The first kappa shape index (κ1) is 26.8. The van der Waals surface area contributed by atoms with E-state index in [1.54, 1.807) is 24.3 Å². The molecule has 3 aromatic rings. The summed E-state index contributed by atoms with van der Waals surface area (Å²) in [7, 11) is 0. The normalized spacial score (nSPS) is 11.6. The molecule has 0 saturated carbocycles. The Hall–Kier alpha value is -2.83. The van der Waals surface area contributed by atoms with Crippen molar-refractivity contribution >= 4 is 35.2 Å². The smallest absolute Gasteiger partial charge is 0.243 e. The van der Waals surface area contributed by atoms with Crippen LogP contribution in [0, 0.1) is 5.82 Å². The van der Waals surface area contributed by atoms with Crippen molar-refractivity contribution < 1.29 is 14.0 Å². The highest BCUT2D eigenvalue weighted by Gasteiger charge is 2.30. The summed E-state index contributed by atoms with van der Waals surface area (Å²) < 4.78 is 14.6. The molecule has 0 saturated heterocycles. The molecule has 4 nitrogen and oxygen atoms in total. The van der Waals surface area contributed by atoms with Gasteiger partial charge in [0.15, 0.2) is 0 Å². The second-order valence-corrected chi connectivity index (χ2v) is 9.65. The molecule has 0 radical (unpaired) electrons. The van der Waals surface area contributed by atoms with E-state index in [4.69, 9.17) is 11.6 Å². The zero-order valence-corrected chi connectivity index (χ0v) is 21.3. The van der Waals surface area contributed by atoms with Crippen LogP contribution in [0.1, 0.15) is 30.0 Å². The number of hydrogen-bond donors (Lipinski definition) is 1. The van der Waals surface area contributed by atoms with Gasteiger partial charge in [-0.1, -0.05) is 79.2 Å². The number of benzene rings is 3. The summed E-state index contributed by atoms with van der Waals surface area (Å²) in [6.07, 6.45) is 1.12. The van der Waals surface area contributed by atoms with Gasteiger partial charge in [-0.2, -0.15) is 0 Å². The number of thioether (sulfide) groups is 1. The molecule has 0 aliphatic heterocycles. The maximum absolute atomic E-state index is 14.6. The molecule has 0 aliphatic rings. The first-order valence-corrected chi connectivity index (χ1v) is 13.2. The van der Waals surface area contributed by atoms with E-state index >= 15 is 0 Å². The van der Waals surface area contributed by atoms with E-state index in [2.05, 4.69) is 5.32 Å². The van der Waals surface area contributed by atoms with Crippen molar-refractivity contribution in [3.05, 3.63) is 106 Å². The molecule has 0 aliphatic carbocycles. The number of rotatable bonds is 12. The fraction of sp³-hybridized carbons (Fsp3) is 0.286. The van der Waals surface area contributed by atoms with E-state index < -0.39 is 11.9 Å². The van der Waals surface area contributed by atoms with E-state index in [9.17, 15) is 14.0 Å². The van der Waals surface area contributed by atoms with Gasteiger partial charge in [0.25, 0.3) is 0 Å². The highest BCUT2D eigenvalue weighted by atomic mass is 35.5. The van der Waals surface area contributed by atoms with E-state index in [0.717, 1.165) is 17.5 Å². The standard InChI is InChI=1S/C28H30ClFN2O2S/c1-2-15-31-28(34)26(17-21-9-4-3-5-10-21)32(18-23-12-6-7-14-25(23)30)27(33)20-35-19-22-11-8-13-24(29)16-22/h3-14,16,26H,2,15,17-20H2,1H3,(H,31,34). The Morgan fingerprint density at radius 2 is 1.71 bits per heavy atom. The van der Waals surface area contributed by atoms with Crippen molar-refractivity contribution in [2.45, 2.75) is 38.1 Å². The molecular weight excluding hydrogens is 483 g/mol. The Kier molecular flexibility index (Phi) is 10.6. The number of nitrogens with zero attached hydrogens (tertiary/aromatic N) is 1. The van der Waals surface area contributed by atoms with E-state index in [-0.39, 0.29) is 24.1 Å². The molecule has 0 aromatic heterocycles. The van der Waals surface area contributed by atoms with E-state index in [0.29, 0.717) is 29.3 Å². The van der Waals surface area contributed by atoms with Crippen LogP contribution in [-0.2, 0) is 28.3 Å². The number of nitrogens with one attached hydrogen (secondary N) is 1. The van der Waals surface area contributed by atoms with Crippen molar-refractivity contribution in [1.29, 1.82) is 0 Å². The van der Waals surface area contributed by atoms with Crippen molar-refractivity contribution in [3.63, 3.8) is 0 Å². The molecule has 35 heavy (non-hydrogen) atoms. The van der Waals surface area contributed by atoms with Crippen molar-refractivity contribution in [2.75, 3.05) is 12.3 Å². The molecule has 3 aromatic carbocycles. The van der Waals surface area contributed by atoms with Gasteiger partial charge in [0, 0.05) is 35.8 Å². The minimum absolute atomic E-state index is 0.0142. The van der Waals surface area contributed by atoms with Crippen LogP contribution in [0.3, 0.4) is 0 Å². The zero-order chi connectivity index (χ0) is 25.0. The van der Waals surface area contributed by atoms with E-state index in [1.807, 2.05) is 55.5 Å². The van der Waals surface area contributed by atoms with Crippen molar-refractivity contribution in [2.24, 2.45) is 0 Å². The number of carbonyl (C=O) groups excluding carboxylic acids is 2. The highest BCUT2D eigenvalue weighted by molar-refractivity contribution is 7.99. The first-order chi connectivity index (χ1) is 17.0. The zero-order valence-electron chi connectivity index (χ0n) is 19.8. The lowest BCUT2D eigenvalue weighted by Crippen LogP contribution is -2.51. The second-order valence-electron chi connectivity index (χ2n) is 8.23. The predicted octanol–water partition coefficient (Wildman–Crippen LogP) is 5.88. The highest BCUT2D eigenvalue weighted by Crippen LogP contribution is 2.20. The van der Waals surface area contributed by atoms with Gasteiger partial charge in [-0.05, 0) is 35.7 Å². The molecule has 1 N–H and O–H groups in total. The lowest BCUT2D eigenvalue weighted by atomic mass is 10.0. The number of amides is 2. The van der Waals surface area contributed by atoms with Gasteiger partial charge in [-0.15, -0.1) is 11.8 Å². The maximum atomic E-state index is 14.6. The van der Waals surface area contributed by atoms with Crippen LogP contribution >= 0.6 is 23.4 Å². The topological polar surface area (TPSA) is 49.4 Å². The molecule has 0 heterocycles. The van der Waals surface area contributed by atoms with Gasteiger partial charge in [-0.25, -0.2) is 4.39 Å². The summed E-state index contributed by atoms with van der Waals surface area (Å²) in [5.74, 6) is -0.0872. The average Bonchev–Trinajstić information content (AvgIpc) is 2.86. The molecule has 0 fully saturated rings. The van der Waals surface area contributed by atoms with Gasteiger partial charge in [0.2, 0.25) is 11.8 Å². The van der Waals surface area contributed by atoms with Crippen LogP contribution in [0.15, 0.2) is 78.9 Å². The molecule has 3 rings (SSSR count). The monoisotopic (exact) mass is 512 g/mol. The lowest BCUT2D eigenvalue weighted by Gasteiger charge is -2.31. The number of halogens is 2. The summed E-state index contributed by atoms with van der Waals surface area (Å²) >= 11 is 7.52. The second kappa shape index (κ2) is 13.9. The summed E-state index contributed by atoms with van der Waals surface area (Å²) in [6.45, 7) is 2.50. The Balaban J connectivity index is 1.84. The predicted molar refractivity (Wildman–Crippen MR) is 142 cm³/mol. The third-order valence-electron chi connectivity index (χ3n) is 5.50. The fourth-order valence-corrected chi connectivity index (χ4v) is 4.77. The molecular formula is C28H30ClFN2O2S. The minimum Gasteiger partial charge on any atom is -0.354 e. The molecule has 1 atom stereocenters. The first-order valence-electron chi connectivity index (χ1n) is 11.6. The Labute approximate surface area is 215 Å². The van der Waals surface area contributed by atoms with Crippen LogP contribution in [0.5, 0.6) is 0 Å². The van der Waals surface area contributed by atoms with Crippen molar-refractivity contribution in [3.8, 4) is 0 Å². The molecule has 184 valence electrons. The summed E-state index contributed by atoms with van der Waals surface area (Å²) in [4.78, 5) is 28.3. The summed E-state index contributed by atoms with van der Waals surface area (Å²) in [5, 5.41) is 3.57. The quantitative estimate of drug-likeness (QED) is 0.330. The Bertz CT molecular complexity index is 1110. The van der Waals surface area contributed by atoms with Gasteiger partial charge >= 0.3 is 0 Å². The number of carbonyl (C=O) groups is 2. The van der Waals surface area contributed by atoms with Gasteiger partial charge in [-0.3, -0.25) is 9.59 Å². The molecule has 2 amide bonds. The maximum Gasteiger partial charge on any atom is 0.243 e. The largest absolute Gasteiger partial charge is 0.354 e. The van der Waals surface area contributed by atoms with Crippen LogP contribution in [0.25, 0.3) is 0 Å². The third kappa shape index (κ3) is 8.41. The molecule has 0 spiro atoms. The SMILES string of the molecule is CCCNC(=O)C(Cc1ccccc1)N(Cc1ccccc1F)C(=O)CSCc1cccc(Cl)c1. The van der Waals surface area contributed by atoms with Crippen LogP contribution in [0.2, 0.25) is 5.02 Å². The fourth-order valence-electron chi connectivity index (χ4n) is 3.70. The Morgan fingerprint density at radius 3 is 2.43 bits per heavy atom.